The minimum absolute atomic E-state index is 0.0636. The Balaban J connectivity index is 1.85. The second-order valence-electron chi connectivity index (χ2n) is 5.99. The highest BCUT2D eigenvalue weighted by Crippen LogP contribution is 2.37. The summed E-state index contributed by atoms with van der Waals surface area (Å²) in [5.74, 6) is -0.522. The summed E-state index contributed by atoms with van der Waals surface area (Å²) in [6.07, 6.45) is 1.48. The number of rotatable bonds is 7. The number of hydrogen-bond acceptors (Lipinski definition) is 5. The molecule has 158 valence electrons. The van der Waals surface area contributed by atoms with Gasteiger partial charge in [-0.3, -0.25) is 14.5 Å². The van der Waals surface area contributed by atoms with Crippen LogP contribution in [-0.4, -0.2) is 29.3 Å². The van der Waals surface area contributed by atoms with Crippen molar-refractivity contribution in [2.75, 3.05) is 6.61 Å². The van der Waals surface area contributed by atoms with E-state index in [1.165, 1.54) is 24.3 Å². The second-order valence-corrected chi connectivity index (χ2v) is 7.79. The lowest BCUT2D eigenvalue weighted by Crippen LogP contribution is -2.27. The molecule has 0 saturated carbocycles. The number of thioether (sulfide) groups is 1. The largest absolute Gasteiger partial charge is 0.490 e. The highest BCUT2D eigenvalue weighted by molar-refractivity contribution is 8.18. The third-order valence-electron chi connectivity index (χ3n) is 4.03. The summed E-state index contributed by atoms with van der Waals surface area (Å²) in [4.78, 5) is 26.3. The van der Waals surface area contributed by atoms with Crippen LogP contribution in [0.4, 0.5) is 13.6 Å². The number of amides is 2. The number of alkyl halides is 2. The Hall–Kier alpha value is -2.29. The molecule has 0 bridgehead atoms. The number of nitrogens with zero attached hydrogens (tertiary/aromatic N) is 1. The smallest absolute Gasteiger partial charge is 0.387 e. The van der Waals surface area contributed by atoms with Crippen molar-refractivity contribution >= 4 is 52.2 Å². The Morgan fingerprint density at radius 2 is 1.83 bits per heavy atom. The van der Waals surface area contributed by atoms with Crippen molar-refractivity contribution in [3.05, 3.63) is 62.5 Å². The molecule has 3 rings (SSSR count). The van der Waals surface area contributed by atoms with E-state index in [0.29, 0.717) is 21.2 Å². The van der Waals surface area contributed by atoms with E-state index in [1.54, 1.807) is 25.1 Å². The quantitative estimate of drug-likeness (QED) is 0.446. The van der Waals surface area contributed by atoms with Crippen molar-refractivity contribution in [3.8, 4) is 11.5 Å². The average Bonchev–Trinajstić information content (AvgIpc) is 2.93. The molecule has 0 atom stereocenters. The molecule has 0 aliphatic carbocycles. The van der Waals surface area contributed by atoms with Crippen molar-refractivity contribution in [1.82, 2.24) is 4.90 Å². The number of halogens is 4. The number of carbonyl (C=O) groups is 2. The van der Waals surface area contributed by atoms with E-state index in [4.69, 9.17) is 27.9 Å². The van der Waals surface area contributed by atoms with Crippen LogP contribution < -0.4 is 9.47 Å². The van der Waals surface area contributed by atoms with Crippen LogP contribution in [0.3, 0.4) is 0 Å². The van der Waals surface area contributed by atoms with Gasteiger partial charge in [-0.25, -0.2) is 0 Å². The number of carbonyl (C=O) groups excluding carboxylic acids is 2. The molecule has 0 spiro atoms. The highest BCUT2D eigenvalue weighted by Gasteiger charge is 2.35. The molecule has 0 N–H and O–H groups in total. The van der Waals surface area contributed by atoms with Crippen LogP contribution in [0, 0.1) is 0 Å². The monoisotopic (exact) mass is 473 g/mol. The topological polar surface area (TPSA) is 55.8 Å². The predicted molar refractivity (Wildman–Crippen MR) is 112 cm³/mol. The number of imide groups is 1. The van der Waals surface area contributed by atoms with Crippen LogP contribution in [0.1, 0.15) is 18.1 Å². The molecular weight excluding hydrogens is 459 g/mol. The van der Waals surface area contributed by atoms with E-state index >= 15 is 0 Å². The van der Waals surface area contributed by atoms with Gasteiger partial charge in [-0.15, -0.1) is 0 Å². The van der Waals surface area contributed by atoms with Gasteiger partial charge in [0, 0.05) is 15.6 Å². The van der Waals surface area contributed by atoms with Crippen molar-refractivity contribution in [3.63, 3.8) is 0 Å². The Morgan fingerprint density at radius 3 is 2.47 bits per heavy atom. The Morgan fingerprint density at radius 1 is 1.13 bits per heavy atom. The Bertz CT molecular complexity index is 996. The van der Waals surface area contributed by atoms with Crippen LogP contribution in [-0.2, 0) is 11.3 Å². The number of hydrogen-bond donors (Lipinski definition) is 0. The third-order valence-corrected chi connectivity index (χ3v) is 5.65. The second kappa shape index (κ2) is 9.68. The average molecular weight is 474 g/mol. The summed E-state index contributed by atoms with van der Waals surface area (Å²) in [5.41, 5.74) is 0.956. The number of benzene rings is 2. The Kier molecular flexibility index (Phi) is 7.23. The van der Waals surface area contributed by atoms with Gasteiger partial charge >= 0.3 is 6.61 Å². The van der Waals surface area contributed by atoms with Gasteiger partial charge in [-0.2, -0.15) is 8.78 Å². The summed E-state index contributed by atoms with van der Waals surface area (Å²) in [6, 6.07) is 9.17. The summed E-state index contributed by atoms with van der Waals surface area (Å²) in [5, 5.41) is 0.230. The first-order valence-corrected chi connectivity index (χ1v) is 10.3. The first-order chi connectivity index (χ1) is 14.3. The summed E-state index contributed by atoms with van der Waals surface area (Å²) in [7, 11) is 0. The fourth-order valence-electron chi connectivity index (χ4n) is 2.71. The normalized spacial score (nSPS) is 15.4. The van der Waals surface area contributed by atoms with Crippen LogP contribution in [0.25, 0.3) is 6.08 Å². The fraction of sp³-hybridized carbons (Fsp3) is 0.200. The Labute approximate surface area is 185 Å². The molecule has 2 aromatic rings. The lowest BCUT2D eigenvalue weighted by molar-refractivity contribution is -0.123. The molecule has 0 aromatic heterocycles. The highest BCUT2D eigenvalue weighted by atomic mass is 35.5. The van der Waals surface area contributed by atoms with Gasteiger partial charge in [0.1, 0.15) is 0 Å². The van der Waals surface area contributed by atoms with E-state index in [-0.39, 0.29) is 29.6 Å². The molecule has 10 heteroatoms. The van der Waals surface area contributed by atoms with E-state index in [9.17, 15) is 18.4 Å². The van der Waals surface area contributed by atoms with E-state index in [1.807, 2.05) is 0 Å². The van der Waals surface area contributed by atoms with Gasteiger partial charge in [0.25, 0.3) is 11.1 Å². The zero-order valence-corrected chi connectivity index (χ0v) is 17.9. The van der Waals surface area contributed by atoms with E-state index < -0.39 is 17.8 Å². The molecule has 0 radical (unpaired) electrons. The van der Waals surface area contributed by atoms with Crippen LogP contribution in [0.15, 0.2) is 41.3 Å². The SMILES string of the molecule is CCOc1cc(/C=C2\SC(=O)N(Cc3c(Cl)cccc3Cl)C2=O)ccc1OC(F)F. The van der Waals surface area contributed by atoms with Crippen molar-refractivity contribution in [2.24, 2.45) is 0 Å². The van der Waals surface area contributed by atoms with Gasteiger partial charge < -0.3 is 9.47 Å². The first-order valence-electron chi connectivity index (χ1n) is 8.70. The van der Waals surface area contributed by atoms with E-state index in [0.717, 1.165) is 16.7 Å². The van der Waals surface area contributed by atoms with Crippen LogP contribution >= 0.6 is 35.0 Å². The molecular formula is C20H15Cl2F2NO4S. The minimum Gasteiger partial charge on any atom is -0.490 e. The molecule has 0 unspecified atom stereocenters. The molecule has 1 fully saturated rings. The summed E-state index contributed by atoms with van der Waals surface area (Å²) in [6.45, 7) is -1.13. The van der Waals surface area contributed by atoms with Crippen molar-refractivity contribution < 1.29 is 27.8 Å². The maximum absolute atomic E-state index is 12.7. The lowest BCUT2D eigenvalue weighted by atomic mass is 10.1. The molecule has 1 aliphatic rings. The molecule has 1 aliphatic heterocycles. The maximum atomic E-state index is 12.7. The molecule has 1 heterocycles. The lowest BCUT2D eigenvalue weighted by Gasteiger charge is -2.14. The zero-order chi connectivity index (χ0) is 21.8. The fourth-order valence-corrected chi connectivity index (χ4v) is 4.06. The van der Waals surface area contributed by atoms with Gasteiger partial charge in [-0.1, -0.05) is 35.3 Å². The molecule has 5 nitrogen and oxygen atoms in total. The maximum Gasteiger partial charge on any atom is 0.387 e. The summed E-state index contributed by atoms with van der Waals surface area (Å²) >= 11 is 13.0. The standard InChI is InChI=1S/C20H15Cl2F2NO4S/c1-2-28-16-8-11(6-7-15(16)29-19(23)24)9-17-18(26)25(20(27)30-17)10-12-13(21)4-3-5-14(12)22/h3-9,19H,2,10H2,1H3/b17-9-. The predicted octanol–water partition coefficient (Wildman–Crippen LogP) is 6.23. The minimum atomic E-state index is -3.00. The van der Waals surface area contributed by atoms with Crippen LogP contribution in [0.2, 0.25) is 10.0 Å². The van der Waals surface area contributed by atoms with Gasteiger partial charge in [0.2, 0.25) is 0 Å². The molecule has 1 saturated heterocycles. The molecule has 30 heavy (non-hydrogen) atoms. The van der Waals surface area contributed by atoms with Crippen molar-refractivity contribution in [1.29, 1.82) is 0 Å². The van der Waals surface area contributed by atoms with E-state index in [2.05, 4.69) is 4.74 Å². The molecule has 2 aromatic carbocycles. The zero-order valence-electron chi connectivity index (χ0n) is 15.5. The third kappa shape index (κ3) is 5.06. The van der Waals surface area contributed by atoms with Gasteiger partial charge in [0.05, 0.1) is 18.1 Å². The van der Waals surface area contributed by atoms with Gasteiger partial charge in [-0.05, 0) is 54.6 Å². The van der Waals surface area contributed by atoms with Crippen molar-refractivity contribution in [2.45, 2.75) is 20.1 Å². The summed E-state index contributed by atoms with van der Waals surface area (Å²) < 4.78 is 34.8. The molecule has 2 amide bonds. The first kappa shape index (κ1) is 22.4. The number of ether oxygens (including phenoxy) is 2. The van der Waals surface area contributed by atoms with Crippen LogP contribution in [0.5, 0.6) is 11.5 Å². The van der Waals surface area contributed by atoms with Gasteiger partial charge in [0.15, 0.2) is 11.5 Å².